The van der Waals surface area contributed by atoms with Crippen molar-refractivity contribution in [3.63, 3.8) is 0 Å². The van der Waals surface area contributed by atoms with Gasteiger partial charge in [-0.15, -0.1) is 0 Å². The number of nitrogens with zero attached hydrogens (tertiary/aromatic N) is 2. The fourth-order valence-electron chi connectivity index (χ4n) is 4.04. The molecule has 0 bridgehead atoms. The Morgan fingerprint density at radius 2 is 1.73 bits per heavy atom. The number of thiocarbonyl (C=S) groups is 1. The third kappa shape index (κ3) is 6.44. The molecule has 0 aromatic heterocycles. The largest absolute Gasteiger partial charge is 0.493 e. The van der Waals surface area contributed by atoms with E-state index in [-0.39, 0.29) is 29.9 Å². The number of amides is 1. The second-order valence-electron chi connectivity index (χ2n) is 8.71. The van der Waals surface area contributed by atoms with Gasteiger partial charge in [-0.1, -0.05) is 48.3 Å². The molecular weight excluding hydrogens is 639 g/mol. The Morgan fingerprint density at radius 3 is 2.35 bits per heavy atom. The number of methoxy groups -OCH3 is 2. The number of halogens is 3. The van der Waals surface area contributed by atoms with Crippen molar-refractivity contribution >= 4 is 80.1 Å². The number of carbonyl (C=O) groups is 2. The summed E-state index contributed by atoms with van der Waals surface area (Å²) in [6.45, 7) is 2.05. The van der Waals surface area contributed by atoms with Crippen molar-refractivity contribution in [1.29, 1.82) is 0 Å². The molecule has 11 heteroatoms. The van der Waals surface area contributed by atoms with Crippen LogP contribution in [0.1, 0.15) is 23.6 Å². The van der Waals surface area contributed by atoms with Gasteiger partial charge >= 0.3 is 5.97 Å². The van der Waals surface area contributed by atoms with E-state index in [9.17, 15) is 9.59 Å². The lowest BCUT2D eigenvalue weighted by Gasteiger charge is -2.19. The SMILES string of the molecule is CCc1ccc(N2C(=O)/C(=C/c3cc(Br)c(OCc4ccc(Cl)c(Cl)c4)c(OC)c3)N(CC(=O)OC)C2=S)cc1. The van der Waals surface area contributed by atoms with Crippen molar-refractivity contribution in [2.75, 3.05) is 25.7 Å². The average molecular weight is 664 g/mol. The highest BCUT2D eigenvalue weighted by Crippen LogP contribution is 2.39. The van der Waals surface area contributed by atoms with Gasteiger partial charge in [-0.05, 0) is 93.7 Å². The predicted molar refractivity (Wildman–Crippen MR) is 164 cm³/mol. The number of anilines is 1. The van der Waals surface area contributed by atoms with Crippen LogP contribution in [-0.4, -0.2) is 42.7 Å². The Labute approximate surface area is 256 Å². The molecule has 1 heterocycles. The highest BCUT2D eigenvalue weighted by Gasteiger charge is 2.40. The van der Waals surface area contributed by atoms with Gasteiger partial charge in [-0.3, -0.25) is 14.5 Å². The van der Waals surface area contributed by atoms with E-state index in [0.29, 0.717) is 37.3 Å². The van der Waals surface area contributed by atoms with Crippen LogP contribution in [-0.2, 0) is 27.4 Å². The molecule has 4 rings (SSSR count). The first-order valence-corrected chi connectivity index (χ1v) is 14.1. The molecule has 3 aromatic rings. The summed E-state index contributed by atoms with van der Waals surface area (Å²) in [5, 5.41) is 1.07. The molecular formula is C29H25BrCl2N2O5S. The van der Waals surface area contributed by atoms with E-state index in [2.05, 4.69) is 22.9 Å². The lowest BCUT2D eigenvalue weighted by atomic mass is 10.1. The molecule has 1 aliphatic rings. The summed E-state index contributed by atoms with van der Waals surface area (Å²) in [7, 11) is 2.80. The molecule has 1 fully saturated rings. The molecule has 1 amide bonds. The summed E-state index contributed by atoms with van der Waals surface area (Å²) in [6.07, 6.45) is 2.51. The molecule has 0 radical (unpaired) electrons. The van der Waals surface area contributed by atoms with E-state index in [1.54, 1.807) is 30.3 Å². The number of hydrogen-bond donors (Lipinski definition) is 0. The maximum Gasteiger partial charge on any atom is 0.325 e. The summed E-state index contributed by atoms with van der Waals surface area (Å²) in [4.78, 5) is 28.8. The molecule has 7 nitrogen and oxygen atoms in total. The first-order valence-electron chi connectivity index (χ1n) is 12.1. The van der Waals surface area contributed by atoms with Crippen LogP contribution >= 0.6 is 51.3 Å². The normalized spacial score (nSPS) is 14.2. The van der Waals surface area contributed by atoms with Crippen molar-refractivity contribution in [1.82, 2.24) is 4.90 Å². The van der Waals surface area contributed by atoms with E-state index in [4.69, 9.17) is 49.6 Å². The third-order valence-corrected chi connectivity index (χ3v) is 7.91. The predicted octanol–water partition coefficient (Wildman–Crippen LogP) is 7.05. The lowest BCUT2D eigenvalue weighted by molar-refractivity contribution is -0.140. The van der Waals surface area contributed by atoms with Crippen molar-refractivity contribution in [3.8, 4) is 11.5 Å². The standard InChI is InChI=1S/C29H25BrCl2N2O5S/c1-4-17-5-8-20(9-6-17)34-28(36)24(33(29(34)40)15-26(35)38-3)13-19-11-21(30)27(25(14-19)37-2)39-16-18-7-10-22(31)23(32)12-18/h5-14H,4,15-16H2,1-3H3/b24-13-. The molecule has 0 atom stereocenters. The van der Waals surface area contributed by atoms with E-state index in [1.807, 2.05) is 30.3 Å². The van der Waals surface area contributed by atoms with Crippen LogP contribution in [0.5, 0.6) is 11.5 Å². The van der Waals surface area contributed by atoms with E-state index in [0.717, 1.165) is 17.5 Å². The molecule has 0 unspecified atom stereocenters. The van der Waals surface area contributed by atoms with Crippen LogP contribution in [0.3, 0.4) is 0 Å². The minimum absolute atomic E-state index is 0.179. The Hall–Kier alpha value is -3.11. The van der Waals surface area contributed by atoms with Gasteiger partial charge in [0.05, 0.1) is 34.4 Å². The average Bonchev–Trinajstić information content (AvgIpc) is 3.17. The van der Waals surface area contributed by atoms with Gasteiger partial charge in [0.2, 0.25) is 0 Å². The smallest absolute Gasteiger partial charge is 0.325 e. The molecule has 1 aliphatic heterocycles. The Bertz CT molecular complexity index is 1500. The van der Waals surface area contributed by atoms with Crippen LogP contribution in [0.4, 0.5) is 5.69 Å². The molecule has 3 aromatic carbocycles. The van der Waals surface area contributed by atoms with Crippen LogP contribution in [0.2, 0.25) is 10.0 Å². The number of rotatable bonds is 9. The van der Waals surface area contributed by atoms with Gasteiger partial charge in [0.15, 0.2) is 16.6 Å². The van der Waals surface area contributed by atoms with Crippen molar-refractivity contribution in [2.45, 2.75) is 20.0 Å². The fraction of sp³-hybridized carbons (Fsp3) is 0.207. The van der Waals surface area contributed by atoms with Crippen LogP contribution in [0.15, 0.2) is 64.8 Å². The quantitative estimate of drug-likeness (QED) is 0.138. The van der Waals surface area contributed by atoms with Crippen LogP contribution in [0, 0.1) is 0 Å². The van der Waals surface area contributed by atoms with Crippen molar-refractivity contribution < 1.29 is 23.8 Å². The molecule has 0 saturated carbocycles. The van der Waals surface area contributed by atoms with Gasteiger partial charge in [0.25, 0.3) is 5.91 Å². The maximum atomic E-state index is 13.7. The summed E-state index contributed by atoms with van der Waals surface area (Å²) < 4.78 is 17.1. The van der Waals surface area contributed by atoms with Gasteiger partial charge in [-0.2, -0.15) is 0 Å². The summed E-state index contributed by atoms with van der Waals surface area (Å²) in [5.41, 5.74) is 3.39. The molecule has 208 valence electrons. The van der Waals surface area contributed by atoms with E-state index in [1.165, 1.54) is 24.0 Å². The number of benzene rings is 3. The summed E-state index contributed by atoms with van der Waals surface area (Å²) in [5.74, 6) is -0.00360. The zero-order valence-electron chi connectivity index (χ0n) is 21.9. The number of hydrogen-bond acceptors (Lipinski definition) is 6. The van der Waals surface area contributed by atoms with Crippen LogP contribution in [0.25, 0.3) is 6.08 Å². The first-order chi connectivity index (χ1) is 19.2. The lowest BCUT2D eigenvalue weighted by Crippen LogP contribution is -2.35. The van der Waals surface area contributed by atoms with Gasteiger partial charge < -0.3 is 19.1 Å². The van der Waals surface area contributed by atoms with E-state index < -0.39 is 5.97 Å². The molecule has 0 aliphatic carbocycles. The fourth-order valence-corrected chi connectivity index (χ4v) is 5.29. The van der Waals surface area contributed by atoms with Gasteiger partial charge in [0.1, 0.15) is 18.8 Å². The zero-order chi connectivity index (χ0) is 29.0. The van der Waals surface area contributed by atoms with Crippen LogP contribution < -0.4 is 14.4 Å². The third-order valence-electron chi connectivity index (χ3n) is 6.18. The molecule has 1 saturated heterocycles. The number of carbonyl (C=O) groups excluding carboxylic acids is 2. The zero-order valence-corrected chi connectivity index (χ0v) is 25.8. The number of aryl methyl sites for hydroxylation is 1. The van der Waals surface area contributed by atoms with Crippen molar-refractivity contribution in [2.24, 2.45) is 0 Å². The Kier molecular flexibility index (Phi) is 9.73. The summed E-state index contributed by atoms with van der Waals surface area (Å²) >= 11 is 21.3. The summed E-state index contributed by atoms with van der Waals surface area (Å²) in [6, 6.07) is 16.3. The first kappa shape index (κ1) is 29.9. The van der Waals surface area contributed by atoms with Gasteiger partial charge in [-0.25, -0.2) is 0 Å². The number of ether oxygens (including phenoxy) is 3. The Balaban J connectivity index is 1.68. The molecule has 0 N–H and O–H groups in total. The highest BCUT2D eigenvalue weighted by atomic mass is 79.9. The molecule has 40 heavy (non-hydrogen) atoms. The topological polar surface area (TPSA) is 68.3 Å². The second kappa shape index (κ2) is 13.0. The van der Waals surface area contributed by atoms with Gasteiger partial charge in [0, 0.05) is 0 Å². The molecule has 0 spiro atoms. The minimum atomic E-state index is -0.533. The second-order valence-corrected chi connectivity index (χ2v) is 10.7. The highest BCUT2D eigenvalue weighted by molar-refractivity contribution is 9.10. The Morgan fingerprint density at radius 1 is 1.02 bits per heavy atom. The maximum absolute atomic E-state index is 13.7. The number of esters is 1. The monoisotopic (exact) mass is 662 g/mol. The minimum Gasteiger partial charge on any atom is -0.493 e. The van der Waals surface area contributed by atoms with E-state index >= 15 is 0 Å². The van der Waals surface area contributed by atoms with Crippen molar-refractivity contribution in [3.05, 3.63) is 91.5 Å².